The molecule has 6 heteroatoms. The van der Waals surface area contributed by atoms with E-state index in [1.54, 1.807) is 11.3 Å². The van der Waals surface area contributed by atoms with Gasteiger partial charge in [-0.3, -0.25) is 9.69 Å². The van der Waals surface area contributed by atoms with E-state index in [1.807, 2.05) is 13.0 Å². The average molecular weight is 366 g/mol. The normalized spacial score (nSPS) is 13.5. The third kappa shape index (κ3) is 5.62. The van der Waals surface area contributed by atoms with Crippen LogP contribution in [0.1, 0.15) is 64.1 Å². The van der Waals surface area contributed by atoms with E-state index in [9.17, 15) is 9.90 Å². The molecule has 1 unspecified atom stereocenters. The Labute approximate surface area is 154 Å². The Hall–Kier alpha value is -1.24. The maximum atomic E-state index is 12.4. The zero-order valence-corrected chi connectivity index (χ0v) is 16.8. The number of nitrogens with zero attached hydrogens (tertiary/aromatic N) is 2. The van der Waals surface area contributed by atoms with Crippen molar-refractivity contribution in [2.24, 2.45) is 5.92 Å². The summed E-state index contributed by atoms with van der Waals surface area (Å²) >= 11 is 1.60. The predicted octanol–water partition coefficient (Wildman–Crippen LogP) is 3.73. The zero-order valence-electron chi connectivity index (χ0n) is 16.0. The lowest BCUT2D eigenvalue weighted by Crippen LogP contribution is -2.34. The molecule has 2 N–H and O–H groups in total. The fourth-order valence-corrected chi connectivity index (χ4v) is 3.72. The second-order valence-electron chi connectivity index (χ2n) is 7.51. The van der Waals surface area contributed by atoms with Crippen LogP contribution in [-0.2, 0) is 6.54 Å². The number of nitrogens with one attached hydrogen (secondary N) is 1. The van der Waals surface area contributed by atoms with Crippen molar-refractivity contribution in [3.63, 3.8) is 0 Å². The number of hydrogen-bond acceptors (Lipinski definition) is 5. The minimum atomic E-state index is -0.350. The number of fused-ring (bicyclic) bond motifs is 1. The molecule has 0 fully saturated rings. The number of aliphatic hydroxyl groups is 1. The fraction of sp³-hybridized carbons (Fsp3) is 0.684. The highest BCUT2D eigenvalue weighted by Gasteiger charge is 2.15. The Morgan fingerprint density at radius 1 is 1.32 bits per heavy atom. The molecule has 140 valence electrons. The van der Waals surface area contributed by atoms with Crippen LogP contribution in [0, 0.1) is 5.92 Å². The van der Waals surface area contributed by atoms with Gasteiger partial charge in [0.2, 0.25) is 0 Å². The molecule has 5 nitrogen and oxygen atoms in total. The van der Waals surface area contributed by atoms with Gasteiger partial charge in [0.25, 0.3) is 5.56 Å². The first-order chi connectivity index (χ1) is 11.8. The molecule has 25 heavy (non-hydrogen) atoms. The second-order valence-corrected chi connectivity index (χ2v) is 8.58. The molecule has 0 aliphatic rings. The molecule has 0 aliphatic heterocycles. The van der Waals surface area contributed by atoms with Gasteiger partial charge in [0.1, 0.15) is 10.7 Å². The maximum Gasteiger partial charge on any atom is 0.259 e. The van der Waals surface area contributed by atoms with Gasteiger partial charge in [0.05, 0.1) is 18.0 Å². The Morgan fingerprint density at radius 2 is 2.04 bits per heavy atom. The van der Waals surface area contributed by atoms with Crippen molar-refractivity contribution in [2.45, 2.75) is 66.0 Å². The summed E-state index contributed by atoms with van der Waals surface area (Å²) in [7, 11) is 0. The molecule has 0 bridgehead atoms. The quantitative estimate of drug-likeness (QED) is 0.710. The number of aliphatic hydroxyl groups excluding tert-OH is 1. The van der Waals surface area contributed by atoms with Crippen molar-refractivity contribution in [1.29, 1.82) is 0 Å². The third-order valence-electron chi connectivity index (χ3n) is 4.38. The Kier molecular flexibility index (Phi) is 7.16. The van der Waals surface area contributed by atoms with E-state index in [4.69, 9.17) is 0 Å². The molecule has 0 aromatic carbocycles. The smallest absolute Gasteiger partial charge is 0.259 e. The van der Waals surface area contributed by atoms with Crippen molar-refractivity contribution >= 4 is 21.6 Å². The lowest BCUT2D eigenvalue weighted by molar-refractivity contribution is 0.101. The number of aromatic amines is 1. The van der Waals surface area contributed by atoms with Gasteiger partial charge in [-0.15, -0.1) is 11.3 Å². The first-order valence-electron chi connectivity index (χ1n) is 9.23. The Morgan fingerprint density at radius 3 is 2.64 bits per heavy atom. The summed E-state index contributed by atoms with van der Waals surface area (Å²) in [5, 5.41) is 10.7. The lowest BCUT2D eigenvalue weighted by Gasteiger charge is -2.24. The Bertz CT molecular complexity index is 736. The molecule has 2 heterocycles. The molecule has 0 radical (unpaired) electrons. The number of aromatic nitrogens is 2. The molecule has 0 aliphatic carbocycles. The van der Waals surface area contributed by atoms with Crippen LogP contribution >= 0.6 is 11.3 Å². The summed E-state index contributed by atoms with van der Waals surface area (Å²) in [6.07, 6.45) is 1.43. The van der Waals surface area contributed by atoms with E-state index < -0.39 is 0 Å². The van der Waals surface area contributed by atoms with Crippen LogP contribution in [0.25, 0.3) is 10.2 Å². The van der Waals surface area contributed by atoms with Crippen LogP contribution in [0.5, 0.6) is 0 Å². The highest BCUT2D eigenvalue weighted by Crippen LogP contribution is 2.27. The van der Waals surface area contributed by atoms with E-state index in [1.165, 1.54) is 4.88 Å². The molecule has 1 atom stereocenters. The van der Waals surface area contributed by atoms with Gasteiger partial charge < -0.3 is 10.1 Å². The standard InChI is InChI=1S/C19H31N3O2S/c1-6-14(23)10-22(8-7-12(2)3)11-17-20-18(24)15-9-16(13(4)5)25-19(15)21-17/h9,12-14,23H,6-8,10-11H2,1-5H3,(H,20,21,24). The highest BCUT2D eigenvalue weighted by atomic mass is 32.1. The number of hydrogen-bond donors (Lipinski definition) is 2. The van der Waals surface area contributed by atoms with E-state index in [-0.39, 0.29) is 11.7 Å². The van der Waals surface area contributed by atoms with Crippen molar-refractivity contribution in [2.75, 3.05) is 13.1 Å². The summed E-state index contributed by atoms with van der Waals surface area (Å²) in [6.45, 7) is 12.7. The largest absolute Gasteiger partial charge is 0.392 e. The minimum absolute atomic E-state index is 0.0667. The summed E-state index contributed by atoms with van der Waals surface area (Å²) in [5.41, 5.74) is -0.0667. The predicted molar refractivity (Wildman–Crippen MR) is 105 cm³/mol. The average Bonchev–Trinajstić information content (AvgIpc) is 2.97. The molecule has 2 rings (SSSR count). The van der Waals surface area contributed by atoms with E-state index in [2.05, 4.69) is 42.6 Å². The second kappa shape index (κ2) is 8.92. The molecule has 2 aromatic heterocycles. The first kappa shape index (κ1) is 20.1. The SMILES string of the molecule is CCC(O)CN(CCC(C)C)Cc1nc2sc(C(C)C)cc2c(=O)[nH]1. The van der Waals surface area contributed by atoms with Crippen LogP contribution in [0.3, 0.4) is 0 Å². The van der Waals surface area contributed by atoms with E-state index in [0.717, 1.165) is 24.2 Å². The summed E-state index contributed by atoms with van der Waals surface area (Å²) in [5.74, 6) is 1.67. The van der Waals surface area contributed by atoms with Gasteiger partial charge >= 0.3 is 0 Å². The van der Waals surface area contributed by atoms with Gasteiger partial charge in [0, 0.05) is 11.4 Å². The van der Waals surface area contributed by atoms with Gasteiger partial charge in [-0.1, -0.05) is 34.6 Å². The fourth-order valence-electron chi connectivity index (χ4n) is 2.67. The van der Waals surface area contributed by atoms with Crippen molar-refractivity contribution < 1.29 is 5.11 Å². The van der Waals surface area contributed by atoms with Crippen LogP contribution in [0.2, 0.25) is 0 Å². The van der Waals surface area contributed by atoms with Crippen LogP contribution in [0.15, 0.2) is 10.9 Å². The van der Waals surface area contributed by atoms with E-state index >= 15 is 0 Å². The van der Waals surface area contributed by atoms with E-state index in [0.29, 0.717) is 36.1 Å². The summed E-state index contributed by atoms with van der Waals surface area (Å²) in [4.78, 5) is 24.2. The van der Waals surface area contributed by atoms with Gasteiger partial charge in [-0.25, -0.2) is 4.98 Å². The zero-order chi connectivity index (χ0) is 18.6. The topological polar surface area (TPSA) is 69.2 Å². The monoisotopic (exact) mass is 365 g/mol. The molecular formula is C19H31N3O2S. The van der Waals surface area contributed by atoms with Gasteiger partial charge in [-0.2, -0.15) is 0 Å². The first-order valence-corrected chi connectivity index (χ1v) is 10.0. The number of thiophene rings is 1. The summed E-state index contributed by atoms with van der Waals surface area (Å²) in [6, 6.07) is 1.96. The molecular weight excluding hydrogens is 334 g/mol. The third-order valence-corrected chi connectivity index (χ3v) is 5.71. The summed E-state index contributed by atoms with van der Waals surface area (Å²) < 4.78 is 0. The molecule has 0 spiro atoms. The van der Waals surface area contributed by atoms with Crippen molar-refractivity contribution in [3.05, 3.63) is 27.1 Å². The molecule has 0 saturated heterocycles. The van der Waals surface area contributed by atoms with Crippen LogP contribution in [-0.4, -0.2) is 39.2 Å². The van der Waals surface area contributed by atoms with Crippen LogP contribution < -0.4 is 5.56 Å². The van der Waals surface area contributed by atoms with Crippen molar-refractivity contribution in [3.8, 4) is 0 Å². The van der Waals surface area contributed by atoms with Crippen LogP contribution in [0.4, 0.5) is 0 Å². The number of rotatable bonds is 9. The molecule has 2 aromatic rings. The minimum Gasteiger partial charge on any atom is -0.392 e. The number of H-pyrrole nitrogens is 1. The highest BCUT2D eigenvalue weighted by molar-refractivity contribution is 7.18. The maximum absolute atomic E-state index is 12.4. The lowest BCUT2D eigenvalue weighted by atomic mass is 10.1. The van der Waals surface area contributed by atoms with Gasteiger partial charge in [0.15, 0.2) is 0 Å². The van der Waals surface area contributed by atoms with Crippen molar-refractivity contribution in [1.82, 2.24) is 14.9 Å². The van der Waals surface area contributed by atoms with Gasteiger partial charge in [-0.05, 0) is 37.3 Å². The molecule has 0 saturated carbocycles. The molecule has 0 amide bonds. The Balaban J connectivity index is 2.23.